The first kappa shape index (κ1) is 18.4. The van der Waals surface area contributed by atoms with Crippen LogP contribution in [0.1, 0.15) is 33.6 Å². The van der Waals surface area contributed by atoms with Gasteiger partial charge in [0.2, 0.25) is 11.8 Å². The van der Waals surface area contributed by atoms with E-state index in [4.69, 9.17) is 0 Å². The lowest BCUT2D eigenvalue weighted by molar-refractivity contribution is -0.142. The van der Waals surface area contributed by atoms with Crippen LogP contribution in [0.2, 0.25) is 0 Å². The molecule has 4 heteroatoms. The number of rotatable bonds is 2. The van der Waals surface area contributed by atoms with E-state index >= 15 is 0 Å². The Balaban J connectivity index is 1.66. The SMILES string of the molecule is CN(C(=O)C1CCN(C(=O)C(C)(C)C)CC1)c1ccc2ccccc2c1. The fourth-order valence-electron chi connectivity index (χ4n) is 3.59. The van der Waals surface area contributed by atoms with Crippen LogP contribution in [0.25, 0.3) is 10.8 Å². The molecule has 4 nitrogen and oxygen atoms in total. The van der Waals surface area contributed by atoms with Gasteiger partial charge < -0.3 is 9.80 Å². The van der Waals surface area contributed by atoms with E-state index in [1.54, 1.807) is 4.90 Å². The van der Waals surface area contributed by atoms with Gasteiger partial charge in [0.15, 0.2) is 0 Å². The molecule has 0 spiro atoms. The van der Waals surface area contributed by atoms with Gasteiger partial charge in [0.25, 0.3) is 0 Å². The van der Waals surface area contributed by atoms with Crippen molar-refractivity contribution < 1.29 is 9.59 Å². The Kier molecular flexibility index (Phi) is 5.03. The predicted octanol–water partition coefficient (Wildman–Crippen LogP) is 4.09. The van der Waals surface area contributed by atoms with Gasteiger partial charge in [-0.05, 0) is 35.7 Å². The summed E-state index contributed by atoms with van der Waals surface area (Å²) >= 11 is 0. The molecule has 1 aliphatic rings. The van der Waals surface area contributed by atoms with Crippen molar-refractivity contribution in [2.45, 2.75) is 33.6 Å². The lowest BCUT2D eigenvalue weighted by Gasteiger charge is -2.36. The van der Waals surface area contributed by atoms with Gasteiger partial charge in [-0.2, -0.15) is 0 Å². The molecule has 2 aromatic carbocycles. The maximum Gasteiger partial charge on any atom is 0.229 e. The van der Waals surface area contributed by atoms with Crippen molar-refractivity contribution in [3.8, 4) is 0 Å². The van der Waals surface area contributed by atoms with Crippen LogP contribution in [-0.2, 0) is 9.59 Å². The lowest BCUT2D eigenvalue weighted by atomic mass is 9.90. The first-order valence-electron chi connectivity index (χ1n) is 9.33. The van der Waals surface area contributed by atoms with Gasteiger partial charge in [-0.1, -0.05) is 51.1 Å². The monoisotopic (exact) mass is 352 g/mol. The molecule has 0 unspecified atom stereocenters. The van der Waals surface area contributed by atoms with E-state index in [0.29, 0.717) is 13.1 Å². The number of fused-ring (bicyclic) bond motifs is 1. The fourth-order valence-corrected chi connectivity index (χ4v) is 3.59. The van der Waals surface area contributed by atoms with Gasteiger partial charge in [-0.3, -0.25) is 9.59 Å². The third-order valence-electron chi connectivity index (χ3n) is 5.22. The highest BCUT2D eigenvalue weighted by molar-refractivity contribution is 5.97. The van der Waals surface area contributed by atoms with Crippen LogP contribution in [0.3, 0.4) is 0 Å². The van der Waals surface area contributed by atoms with E-state index in [2.05, 4.69) is 24.3 Å². The Morgan fingerprint density at radius 1 is 1.00 bits per heavy atom. The molecule has 2 aromatic rings. The summed E-state index contributed by atoms with van der Waals surface area (Å²) in [5.74, 6) is 0.296. The standard InChI is InChI=1S/C22H28N2O2/c1-22(2,3)21(26)24-13-11-17(12-14-24)20(25)23(4)19-10-9-16-7-5-6-8-18(16)15-19/h5-10,15,17H,11-14H2,1-4H3. The molecular weight excluding hydrogens is 324 g/mol. The number of anilines is 1. The van der Waals surface area contributed by atoms with Gasteiger partial charge in [0, 0.05) is 37.2 Å². The molecule has 1 aliphatic heterocycles. The zero-order valence-corrected chi connectivity index (χ0v) is 16.2. The van der Waals surface area contributed by atoms with Gasteiger partial charge in [-0.25, -0.2) is 0 Å². The zero-order valence-electron chi connectivity index (χ0n) is 16.2. The second-order valence-electron chi connectivity index (χ2n) is 8.25. The minimum absolute atomic E-state index is 0.0181. The molecule has 1 heterocycles. The number of likely N-dealkylation sites (tertiary alicyclic amines) is 1. The van der Waals surface area contributed by atoms with E-state index in [0.717, 1.165) is 23.9 Å². The minimum atomic E-state index is -0.362. The van der Waals surface area contributed by atoms with Crippen molar-refractivity contribution in [1.82, 2.24) is 4.90 Å². The number of piperidine rings is 1. The van der Waals surface area contributed by atoms with E-state index < -0.39 is 0 Å². The zero-order chi connectivity index (χ0) is 18.9. The molecule has 0 bridgehead atoms. The molecule has 138 valence electrons. The van der Waals surface area contributed by atoms with Crippen molar-refractivity contribution in [3.63, 3.8) is 0 Å². The average Bonchev–Trinajstić information content (AvgIpc) is 2.65. The molecule has 1 fully saturated rings. The molecule has 26 heavy (non-hydrogen) atoms. The summed E-state index contributed by atoms with van der Waals surface area (Å²) in [6, 6.07) is 14.3. The largest absolute Gasteiger partial charge is 0.342 e. The quantitative estimate of drug-likeness (QED) is 0.817. The summed E-state index contributed by atoms with van der Waals surface area (Å²) in [5, 5.41) is 2.31. The number of carbonyl (C=O) groups excluding carboxylic acids is 2. The first-order chi connectivity index (χ1) is 12.3. The Morgan fingerprint density at radius 2 is 1.62 bits per heavy atom. The van der Waals surface area contributed by atoms with E-state index in [1.165, 1.54) is 5.39 Å². The normalized spacial score (nSPS) is 15.9. The number of benzene rings is 2. The van der Waals surface area contributed by atoms with Gasteiger partial charge in [0.05, 0.1) is 0 Å². The van der Waals surface area contributed by atoms with E-state index in [-0.39, 0.29) is 23.1 Å². The number of hydrogen-bond donors (Lipinski definition) is 0. The summed E-state index contributed by atoms with van der Waals surface area (Å²) in [4.78, 5) is 29.0. The highest BCUT2D eigenvalue weighted by Crippen LogP contribution is 2.27. The summed E-state index contributed by atoms with van der Waals surface area (Å²) in [6.07, 6.45) is 1.47. The third kappa shape index (κ3) is 3.74. The van der Waals surface area contributed by atoms with Crippen molar-refractivity contribution in [3.05, 3.63) is 42.5 Å². The van der Waals surface area contributed by atoms with Crippen LogP contribution < -0.4 is 4.90 Å². The first-order valence-corrected chi connectivity index (χ1v) is 9.33. The summed E-state index contributed by atoms with van der Waals surface area (Å²) in [7, 11) is 1.85. The Bertz CT molecular complexity index is 814. The molecule has 0 aromatic heterocycles. The Hall–Kier alpha value is -2.36. The van der Waals surface area contributed by atoms with Crippen LogP contribution in [0.15, 0.2) is 42.5 Å². The molecule has 0 atom stereocenters. The maximum absolute atomic E-state index is 12.9. The summed E-state index contributed by atoms with van der Waals surface area (Å²) in [5.41, 5.74) is 0.556. The number of carbonyl (C=O) groups is 2. The van der Waals surface area contributed by atoms with Crippen LogP contribution in [0.4, 0.5) is 5.69 Å². The molecular formula is C22H28N2O2. The molecule has 3 rings (SSSR count). The van der Waals surface area contributed by atoms with Crippen molar-refractivity contribution in [1.29, 1.82) is 0 Å². The van der Waals surface area contributed by atoms with Crippen LogP contribution in [-0.4, -0.2) is 36.9 Å². The highest BCUT2D eigenvalue weighted by Gasteiger charge is 2.33. The average molecular weight is 352 g/mol. The van der Waals surface area contributed by atoms with Gasteiger partial charge in [0.1, 0.15) is 0 Å². The predicted molar refractivity (Wildman–Crippen MR) is 106 cm³/mol. The van der Waals surface area contributed by atoms with Crippen molar-refractivity contribution >= 4 is 28.3 Å². The fraction of sp³-hybridized carbons (Fsp3) is 0.455. The molecule has 0 N–H and O–H groups in total. The minimum Gasteiger partial charge on any atom is -0.342 e. The van der Waals surface area contributed by atoms with Gasteiger partial charge in [-0.15, -0.1) is 0 Å². The molecule has 0 aliphatic carbocycles. The van der Waals surface area contributed by atoms with E-state index in [9.17, 15) is 9.59 Å². The maximum atomic E-state index is 12.9. The second kappa shape index (κ2) is 7.10. The van der Waals surface area contributed by atoms with E-state index in [1.807, 2.05) is 50.9 Å². The second-order valence-corrected chi connectivity index (χ2v) is 8.25. The number of nitrogens with zero attached hydrogens (tertiary/aromatic N) is 2. The van der Waals surface area contributed by atoms with Crippen LogP contribution in [0.5, 0.6) is 0 Å². The molecule has 1 saturated heterocycles. The van der Waals surface area contributed by atoms with Crippen molar-refractivity contribution in [2.24, 2.45) is 11.3 Å². The lowest BCUT2D eigenvalue weighted by Crippen LogP contribution is -2.47. The topological polar surface area (TPSA) is 40.6 Å². The van der Waals surface area contributed by atoms with Crippen LogP contribution in [0, 0.1) is 11.3 Å². The van der Waals surface area contributed by atoms with Crippen LogP contribution >= 0.6 is 0 Å². The molecule has 0 saturated carbocycles. The van der Waals surface area contributed by atoms with Gasteiger partial charge >= 0.3 is 0 Å². The smallest absolute Gasteiger partial charge is 0.229 e. The number of amides is 2. The molecule has 0 radical (unpaired) electrons. The number of hydrogen-bond acceptors (Lipinski definition) is 2. The summed E-state index contributed by atoms with van der Waals surface area (Å²) < 4.78 is 0. The Labute approximate surface area is 155 Å². The Morgan fingerprint density at radius 3 is 2.23 bits per heavy atom. The highest BCUT2D eigenvalue weighted by atomic mass is 16.2. The van der Waals surface area contributed by atoms with Crippen molar-refractivity contribution in [2.75, 3.05) is 25.0 Å². The summed E-state index contributed by atoms with van der Waals surface area (Å²) in [6.45, 7) is 7.16. The molecule has 2 amide bonds. The third-order valence-corrected chi connectivity index (χ3v) is 5.22.